The Morgan fingerprint density at radius 1 is 0.636 bits per heavy atom. The smallest absolute Gasteiger partial charge is 0.0162 e. The van der Waals surface area contributed by atoms with E-state index in [0.717, 1.165) is 13.1 Å². The molecule has 0 rings (SSSR count). The highest BCUT2D eigenvalue weighted by Crippen LogP contribution is 2.10. The minimum atomic E-state index is 0.678. The maximum atomic E-state index is 5.23. The number of thiocarbonyl (C=S) groups is 1. The summed E-state index contributed by atoms with van der Waals surface area (Å²) in [6.45, 7) is 6.69. The first kappa shape index (κ1) is 22.1. The van der Waals surface area contributed by atoms with Crippen LogP contribution in [-0.2, 0) is 12.6 Å². The lowest BCUT2D eigenvalue weighted by atomic mass is 10.1. The molecule has 0 saturated carbocycles. The molecule has 132 valence electrons. The van der Waals surface area contributed by atoms with Gasteiger partial charge in [0, 0.05) is 13.1 Å². The standard InChI is InChI=1S/C19H39NS2/c1-3-5-7-9-11-13-15-17-20(19(21)22)18-16-14-12-10-8-6-4-2/h3-18H2,1-2H3,(H,21,22)/p-1. The van der Waals surface area contributed by atoms with Crippen molar-refractivity contribution in [3.05, 3.63) is 0 Å². The van der Waals surface area contributed by atoms with E-state index < -0.39 is 0 Å². The van der Waals surface area contributed by atoms with Gasteiger partial charge >= 0.3 is 0 Å². The number of hydrogen-bond donors (Lipinski definition) is 0. The minimum Gasteiger partial charge on any atom is -0.411 e. The summed E-state index contributed by atoms with van der Waals surface area (Å²) in [6.07, 6.45) is 18.9. The van der Waals surface area contributed by atoms with Crippen molar-refractivity contribution in [2.45, 2.75) is 104 Å². The third-order valence-corrected chi connectivity index (χ3v) is 4.84. The molecule has 0 aliphatic rings. The largest absolute Gasteiger partial charge is 0.411 e. The van der Waals surface area contributed by atoms with E-state index in [4.69, 9.17) is 24.8 Å². The Morgan fingerprint density at radius 2 is 0.955 bits per heavy atom. The van der Waals surface area contributed by atoms with E-state index >= 15 is 0 Å². The Morgan fingerprint density at radius 3 is 1.27 bits per heavy atom. The van der Waals surface area contributed by atoms with Crippen LogP contribution < -0.4 is 0 Å². The monoisotopic (exact) mass is 344 g/mol. The van der Waals surface area contributed by atoms with Gasteiger partial charge in [-0.1, -0.05) is 95.2 Å². The van der Waals surface area contributed by atoms with Gasteiger partial charge in [0.05, 0.1) is 0 Å². The molecule has 0 aliphatic heterocycles. The molecule has 0 aromatic rings. The van der Waals surface area contributed by atoms with E-state index in [1.165, 1.54) is 89.9 Å². The Kier molecular flexibility index (Phi) is 17.6. The summed E-state index contributed by atoms with van der Waals surface area (Å²) in [6, 6.07) is 0. The van der Waals surface area contributed by atoms with Gasteiger partial charge in [-0.2, -0.15) is 0 Å². The van der Waals surface area contributed by atoms with Crippen molar-refractivity contribution >= 4 is 29.2 Å². The third kappa shape index (κ3) is 15.0. The van der Waals surface area contributed by atoms with Crippen LogP contribution in [0.2, 0.25) is 0 Å². The predicted molar refractivity (Wildman–Crippen MR) is 108 cm³/mol. The lowest BCUT2D eigenvalue weighted by Gasteiger charge is -2.28. The average molecular weight is 345 g/mol. The third-order valence-electron chi connectivity index (χ3n) is 4.32. The van der Waals surface area contributed by atoms with Crippen LogP contribution in [0.15, 0.2) is 0 Å². The topological polar surface area (TPSA) is 3.24 Å². The number of rotatable bonds is 16. The molecule has 0 aromatic heterocycles. The molecule has 0 N–H and O–H groups in total. The highest BCUT2D eigenvalue weighted by Gasteiger charge is 2.01. The van der Waals surface area contributed by atoms with Crippen LogP contribution in [0.25, 0.3) is 0 Å². The summed E-state index contributed by atoms with van der Waals surface area (Å²) >= 11 is 10.5. The highest BCUT2D eigenvalue weighted by molar-refractivity contribution is 8.00. The summed E-state index contributed by atoms with van der Waals surface area (Å²) in [4.78, 5) is 2.25. The molecule has 0 radical (unpaired) electrons. The molecule has 0 aliphatic carbocycles. The molecule has 0 bridgehead atoms. The maximum Gasteiger partial charge on any atom is 0.0162 e. The van der Waals surface area contributed by atoms with Crippen LogP contribution in [0.3, 0.4) is 0 Å². The normalized spacial score (nSPS) is 10.8. The van der Waals surface area contributed by atoms with Gasteiger partial charge in [-0.3, -0.25) is 0 Å². The van der Waals surface area contributed by atoms with Gasteiger partial charge in [0.15, 0.2) is 0 Å². The Bertz CT molecular complexity index is 226. The molecule has 3 heteroatoms. The van der Waals surface area contributed by atoms with Gasteiger partial charge in [-0.05, 0) is 12.8 Å². The van der Waals surface area contributed by atoms with Crippen LogP contribution in [0.1, 0.15) is 104 Å². The zero-order chi connectivity index (χ0) is 16.5. The second-order valence-corrected chi connectivity index (χ2v) is 7.53. The van der Waals surface area contributed by atoms with Gasteiger partial charge in [0.2, 0.25) is 0 Å². The van der Waals surface area contributed by atoms with Crippen molar-refractivity contribution in [1.29, 1.82) is 0 Å². The number of unbranched alkanes of at least 4 members (excludes halogenated alkanes) is 12. The van der Waals surface area contributed by atoms with E-state index in [-0.39, 0.29) is 0 Å². The molecule has 0 aromatic carbocycles. The van der Waals surface area contributed by atoms with Crippen LogP contribution >= 0.6 is 12.2 Å². The minimum absolute atomic E-state index is 0.678. The van der Waals surface area contributed by atoms with Crippen LogP contribution in [0.5, 0.6) is 0 Å². The molecule has 0 amide bonds. The number of hydrogen-bond acceptors (Lipinski definition) is 2. The fourth-order valence-electron chi connectivity index (χ4n) is 2.81. The Balaban J connectivity index is 3.51. The summed E-state index contributed by atoms with van der Waals surface area (Å²) in [5.41, 5.74) is 0. The lowest BCUT2D eigenvalue weighted by molar-refractivity contribution is 0.395. The van der Waals surface area contributed by atoms with Crippen molar-refractivity contribution < 1.29 is 0 Å². The molecule has 0 saturated heterocycles. The van der Waals surface area contributed by atoms with E-state index in [0.29, 0.717) is 4.32 Å². The van der Waals surface area contributed by atoms with Crippen molar-refractivity contribution in [2.75, 3.05) is 13.1 Å². The van der Waals surface area contributed by atoms with Crippen LogP contribution in [0, 0.1) is 0 Å². The quantitative estimate of drug-likeness (QED) is 0.176. The summed E-state index contributed by atoms with van der Waals surface area (Å²) in [5.74, 6) is 0. The molecule has 1 nitrogen and oxygen atoms in total. The number of nitrogens with zero attached hydrogens (tertiary/aromatic N) is 1. The van der Waals surface area contributed by atoms with E-state index in [1.54, 1.807) is 0 Å². The summed E-state index contributed by atoms with van der Waals surface area (Å²) in [7, 11) is 0. The van der Waals surface area contributed by atoms with Crippen LogP contribution in [0.4, 0.5) is 0 Å². The molecular formula is C19H38NS2-. The van der Waals surface area contributed by atoms with Gasteiger partial charge in [-0.25, -0.2) is 0 Å². The van der Waals surface area contributed by atoms with Gasteiger partial charge in [-0.15, -0.1) is 0 Å². The Labute approximate surface area is 151 Å². The summed E-state index contributed by atoms with van der Waals surface area (Å²) in [5, 5.41) is 0. The van der Waals surface area contributed by atoms with Gasteiger partial charge < -0.3 is 29.7 Å². The molecule has 0 atom stereocenters. The predicted octanol–water partition coefficient (Wildman–Crippen LogP) is 6.62. The zero-order valence-corrected chi connectivity index (χ0v) is 16.7. The summed E-state index contributed by atoms with van der Waals surface area (Å²) < 4.78 is 0.678. The first-order valence-corrected chi connectivity index (χ1v) is 10.5. The van der Waals surface area contributed by atoms with Crippen LogP contribution in [-0.4, -0.2) is 22.3 Å². The molecule has 0 heterocycles. The van der Waals surface area contributed by atoms with E-state index in [1.807, 2.05) is 0 Å². The molecule has 0 unspecified atom stereocenters. The average Bonchev–Trinajstić information content (AvgIpc) is 2.50. The molecule has 0 spiro atoms. The van der Waals surface area contributed by atoms with E-state index in [2.05, 4.69) is 18.7 Å². The van der Waals surface area contributed by atoms with Crippen molar-refractivity contribution in [3.63, 3.8) is 0 Å². The van der Waals surface area contributed by atoms with Crippen molar-refractivity contribution in [3.8, 4) is 0 Å². The van der Waals surface area contributed by atoms with Crippen molar-refractivity contribution in [1.82, 2.24) is 4.90 Å². The second-order valence-electron chi connectivity index (χ2n) is 6.50. The SMILES string of the molecule is CCCCCCCCCN(CCCCCCCCC)C(=S)[S-]. The second kappa shape index (κ2) is 17.5. The molecule has 0 fully saturated rings. The zero-order valence-electron chi connectivity index (χ0n) is 15.1. The first-order valence-electron chi connectivity index (χ1n) is 9.68. The maximum absolute atomic E-state index is 5.23. The molecular weight excluding hydrogens is 306 g/mol. The first-order chi connectivity index (χ1) is 10.7. The highest BCUT2D eigenvalue weighted by atomic mass is 32.1. The van der Waals surface area contributed by atoms with Gasteiger partial charge in [0.25, 0.3) is 0 Å². The Hall–Kier alpha value is 0.110. The van der Waals surface area contributed by atoms with Gasteiger partial charge in [0.1, 0.15) is 0 Å². The fraction of sp³-hybridized carbons (Fsp3) is 0.947. The van der Waals surface area contributed by atoms with Crippen molar-refractivity contribution in [2.24, 2.45) is 0 Å². The fourth-order valence-corrected chi connectivity index (χ4v) is 3.18. The van der Waals surface area contributed by atoms with E-state index in [9.17, 15) is 0 Å². The molecule has 22 heavy (non-hydrogen) atoms. The lowest BCUT2D eigenvalue weighted by Crippen LogP contribution is -2.30.